The van der Waals surface area contributed by atoms with Gasteiger partial charge in [-0.1, -0.05) is 38.8 Å². The number of benzene rings is 1. The van der Waals surface area contributed by atoms with Crippen molar-refractivity contribution < 1.29 is 4.74 Å². The van der Waals surface area contributed by atoms with Crippen LogP contribution >= 0.6 is 0 Å². The average molecular weight is 355 g/mol. The van der Waals surface area contributed by atoms with Gasteiger partial charge in [0.1, 0.15) is 5.75 Å². The number of ether oxygens (including phenoxy) is 1. The maximum Gasteiger partial charge on any atom is 0.119 e. The van der Waals surface area contributed by atoms with E-state index in [0.717, 1.165) is 23.1 Å². The number of aromatic nitrogens is 1. The van der Waals surface area contributed by atoms with Gasteiger partial charge in [0, 0.05) is 18.9 Å². The van der Waals surface area contributed by atoms with Crippen LogP contribution in [-0.2, 0) is 13.0 Å². The Hall–Kier alpha value is -1.87. The summed E-state index contributed by atoms with van der Waals surface area (Å²) in [6.45, 7) is 4.58. The van der Waals surface area contributed by atoms with Gasteiger partial charge in [0.15, 0.2) is 0 Å². The van der Waals surface area contributed by atoms with Crippen molar-refractivity contribution in [2.24, 2.45) is 11.7 Å². The van der Waals surface area contributed by atoms with Gasteiger partial charge in [0.25, 0.3) is 0 Å². The summed E-state index contributed by atoms with van der Waals surface area (Å²) in [6.07, 6.45) is 11.9. The molecular formula is C23H34N2O. The SMILES string of the molecule is CC.COc1ccc2c(c1)C1CCCCC1CC2.NCc1cccnc1. The second-order valence-corrected chi connectivity index (χ2v) is 6.82. The minimum absolute atomic E-state index is 0.577. The normalized spacial score (nSPS) is 20.3. The molecule has 3 heteroatoms. The van der Waals surface area contributed by atoms with E-state index in [2.05, 4.69) is 23.2 Å². The topological polar surface area (TPSA) is 48.1 Å². The smallest absolute Gasteiger partial charge is 0.119 e. The third kappa shape index (κ3) is 5.31. The molecule has 26 heavy (non-hydrogen) atoms. The molecule has 142 valence electrons. The predicted molar refractivity (Wildman–Crippen MR) is 109 cm³/mol. The Morgan fingerprint density at radius 2 is 1.92 bits per heavy atom. The summed E-state index contributed by atoms with van der Waals surface area (Å²) >= 11 is 0. The molecule has 1 aromatic heterocycles. The molecular weight excluding hydrogens is 320 g/mol. The van der Waals surface area contributed by atoms with Crippen LogP contribution in [0.1, 0.15) is 68.6 Å². The number of pyridine rings is 1. The van der Waals surface area contributed by atoms with Crippen LogP contribution in [0.4, 0.5) is 0 Å². The molecule has 2 N–H and O–H groups in total. The van der Waals surface area contributed by atoms with E-state index in [-0.39, 0.29) is 0 Å². The van der Waals surface area contributed by atoms with Crippen molar-refractivity contribution in [1.29, 1.82) is 0 Å². The predicted octanol–water partition coefficient (Wildman–Crippen LogP) is 5.48. The molecule has 4 rings (SSSR count). The minimum Gasteiger partial charge on any atom is -0.497 e. The van der Waals surface area contributed by atoms with Crippen molar-refractivity contribution in [2.75, 3.05) is 7.11 Å². The van der Waals surface area contributed by atoms with Gasteiger partial charge in [-0.3, -0.25) is 4.98 Å². The number of nitrogens with two attached hydrogens (primary N) is 1. The highest BCUT2D eigenvalue weighted by atomic mass is 16.5. The molecule has 0 bridgehead atoms. The molecule has 1 aromatic carbocycles. The molecule has 2 atom stereocenters. The molecule has 0 spiro atoms. The third-order valence-corrected chi connectivity index (χ3v) is 5.40. The van der Waals surface area contributed by atoms with Crippen molar-refractivity contribution in [3.63, 3.8) is 0 Å². The van der Waals surface area contributed by atoms with Crippen LogP contribution < -0.4 is 10.5 Å². The van der Waals surface area contributed by atoms with Gasteiger partial charge in [-0.25, -0.2) is 0 Å². The monoisotopic (exact) mass is 354 g/mol. The Labute approximate surface area is 159 Å². The van der Waals surface area contributed by atoms with E-state index < -0.39 is 0 Å². The average Bonchev–Trinajstić information content (AvgIpc) is 2.75. The number of aryl methyl sites for hydroxylation is 1. The van der Waals surface area contributed by atoms with Crippen LogP contribution in [0.5, 0.6) is 5.75 Å². The van der Waals surface area contributed by atoms with Crippen LogP contribution in [0.2, 0.25) is 0 Å². The maximum absolute atomic E-state index is 5.36. The molecule has 2 unspecified atom stereocenters. The van der Waals surface area contributed by atoms with E-state index in [4.69, 9.17) is 10.5 Å². The molecule has 0 amide bonds. The van der Waals surface area contributed by atoms with Gasteiger partial charge in [-0.2, -0.15) is 0 Å². The minimum atomic E-state index is 0.577. The molecule has 0 radical (unpaired) electrons. The van der Waals surface area contributed by atoms with E-state index in [0.29, 0.717) is 6.54 Å². The highest BCUT2D eigenvalue weighted by Gasteiger charge is 2.31. The first kappa shape index (κ1) is 20.4. The lowest BCUT2D eigenvalue weighted by Crippen LogP contribution is -2.23. The molecule has 1 fully saturated rings. The number of hydrogen-bond acceptors (Lipinski definition) is 3. The Kier molecular flexibility index (Phi) is 8.63. The summed E-state index contributed by atoms with van der Waals surface area (Å²) in [7, 11) is 1.77. The quantitative estimate of drug-likeness (QED) is 0.776. The first-order chi connectivity index (χ1) is 12.8. The molecule has 3 nitrogen and oxygen atoms in total. The second-order valence-electron chi connectivity index (χ2n) is 6.82. The highest BCUT2D eigenvalue weighted by Crippen LogP contribution is 2.45. The number of methoxy groups -OCH3 is 1. The maximum atomic E-state index is 5.36. The Morgan fingerprint density at radius 3 is 2.58 bits per heavy atom. The fourth-order valence-electron chi connectivity index (χ4n) is 4.10. The number of fused-ring (bicyclic) bond motifs is 3. The second kappa shape index (κ2) is 11.0. The largest absolute Gasteiger partial charge is 0.497 e. The molecule has 2 aliphatic carbocycles. The zero-order valence-electron chi connectivity index (χ0n) is 16.6. The highest BCUT2D eigenvalue weighted by molar-refractivity contribution is 5.40. The van der Waals surface area contributed by atoms with Gasteiger partial charge in [0.2, 0.25) is 0 Å². The van der Waals surface area contributed by atoms with Crippen molar-refractivity contribution in [3.05, 3.63) is 59.4 Å². The van der Waals surface area contributed by atoms with Crippen molar-refractivity contribution >= 4 is 0 Å². The Bertz CT molecular complexity index is 642. The number of hydrogen-bond donors (Lipinski definition) is 1. The molecule has 2 aliphatic rings. The standard InChI is InChI=1S/C15H20O.C6H8N2.C2H6/c1-16-13-9-8-12-7-6-11-4-2-3-5-14(11)15(12)10-13;7-4-6-2-1-3-8-5-6;1-2/h8-11,14H,2-7H2,1H3;1-3,5H,4,7H2;1-2H3. The summed E-state index contributed by atoms with van der Waals surface area (Å²) < 4.78 is 5.36. The van der Waals surface area contributed by atoms with Crippen LogP contribution in [-0.4, -0.2) is 12.1 Å². The number of nitrogens with zero attached hydrogens (tertiary/aromatic N) is 1. The molecule has 0 saturated heterocycles. The fourth-order valence-corrected chi connectivity index (χ4v) is 4.10. The summed E-state index contributed by atoms with van der Waals surface area (Å²) in [5.74, 6) is 2.81. The van der Waals surface area contributed by atoms with Crippen molar-refractivity contribution in [2.45, 2.75) is 64.8 Å². The number of rotatable bonds is 2. The van der Waals surface area contributed by atoms with E-state index >= 15 is 0 Å². The van der Waals surface area contributed by atoms with Gasteiger partial charge < -0.3 is 10.5 Å². The van der Waals surface area contributed by atoms with Crippen LogP contribution in [0.3, 0.4) is 0 Å². The fraction of sp³-hybridized carbons (Fsp3) is 0.522. The summed E-state index contributed by atoms with van der Waals surface area (Å²) in [5, 5.41) is 0. The molecule has 0 aliphatic heterocycles. The summed E-state index contributed by atoms with van der Waals surface area (Å²) in [4.78, 5) is 3.88. The molecule has 1 saturated carbocycles. The Balaban J connectivity index is 0.000000206. The van der Waals surface area contributed by atoms with Gasteiger partial charge in [0.05, 0.1) is 7.11 Å². The van der Waals surface area contributed by atoms with Gasteiger partial charge in [-0.15, -0.1) is 0 Å². The zero-order valence-corrected chi connectivity index (χ0v) is 16.6. The van der Waals surface area contributed by atoms with Gasteiger partial charge >= 0.3 is 0 Å². The molecule has 1 heterocycles. The first-order valence-corrected chi connectivity index (χ1v) is 10.1. The zero-order chi connectivity index (χ0) is 18.8. The first-order valence-electron chi connectivity index (χ1n) is 10.1. The van der Waals surface area contributed by atoms with Crippen LogP contribution in [0.15, 0.2) is 42.7 Å². The lowest BCUT2D eigenvalue weighted by molar-refractivity contribution is 0.275. The summed E-state index contributed by atoms with van der Waals surface area (Å²) in [5.41, 5.74) is 9.55. The summed E-state index contributed by atoms with van der Waals surface area (Å²) in [6, 6.07) is 10.5. The van der Waals surface area contributed by atoms with Gasteiger partial charge in [-0.05, 0) is 72.4 Å². The Morgan fingerprint density at radius 1 is 1.12 bits per heavy atom. The van der Waals surface area contributed by atoms with Crippen LogP contribution in [0, 0.1) is 5.92 Å². The van der Waals surface area contributed by atoms with E-state index in [1.54, 1.807) is 30.6 Å². The van der Waals surface area contributed by atoms with E-state index in [9.17, 15) is 0 Å². The lowest BCUT2D eigenvalue weighted by atomic mass is 9.68. The third-order valence-electron chi connectivity index (χ3n) is 5.40. The van der Waals surface area contributed by atoms with E-state index in [1.165, 1.54) is 38.5 Å². The van der Waals surface area contributed by atoms with E-state index in [1.807, 2.05) is 26.0 Å². The lowest BCUT2D eigenvalue weighted by Gasteiger charge is -2.37. The van der Waals surface area contributed by atoms with Crippen molar-refractivity contribution in [3.8, 4) is 5.75 Å². The van der Waals surface area contributed by atoms with Crippen molar-refractivity contribution in [1.82, 2.24) is 4.98 Å². The molecule has 2 aromatic rings. The van der Waals surface area contributed by atoms with Crippen LogP contribution in [0.25, 0.3) is 0 Å².